The number of carbonyl (C=O) groups is 1. The highest BCUT2D eigenvalue weighted by Gasteiger charge is 2.18. The van der Waals surface area contributed by atoms with Crippen molar-refractivity contribution in [1.29, 1.82) is 0 Å². The predicted octanol–water partition coefficient (Wildman–Crippen LogP) is 1.41. The Bertz CT molecular complexity index is 436. The van der Waals surface area contributed by atoms with Crippen molar-refractivity contribution in [2.75, 3.05) is 39.3 Å². The monoisotopic (exact) mass is 296 g/mol. The maximum atomic E-state index is 12.3. The molecule has 110 valence electrons. The number of aliphatic hydroxyl groups is 1. The van der Waals surface area contributed by atoms with E-state index in [1.165, 1.54) is 0 Å². The fraction of sp³-hybridized carbons (Fsp3) is 0.533. The van der Waals surface area contributed by atoms with Crippen LogP contribution in [0.4, 0.5) is 0 Å². The molecule has 1 heterocycles. The van der Waals surface area contributed by atoms with Gasteiger partial charge in [-0.2, -0.15) is 0 Å². The Morgan fingerprint density at radius 3 is 2.60 bits per heavy atom. The van der Waals surface area contributed by atoms with Gasteiger partial charge in [0.25, 0.3) is 0 Å². The maximum Gasteiger partial charge on any atom is 0.227 e. The molecule has 1 aromatic carbocycles. The van der Waals surface area contributed by atoms with E-state index in [1.54, 1.807) is 0 Å². The zero-order valence-electron chi connectivity index (χ0n) is 11.6. The van der Waals surface area contributed by atoms with Crippen LogP contribution >= 0.6 is 11.6 Å². The summed E-state index contributed by atoms with van der Waals surface area (Å²) in [7, 11) is 0. The van der Waals surface area contributed by atoms with E-state index < -0.39 is 0 Å². The van der Waals surface area contributed by atoms with Crippen LogP contribution < -0.4 is 0 Å². The lowest BCUT2D eigenvalue weighted by Crippen LogP contribution is -2.36. The summed E-state index contributed by atoms with van der Waals surface area (Å²) in [4.78, 5) is 16.4. The first kappa shape index (κ1) is 15.3. The Hall–Kier alpha value is -1.10. The van der Waals surface area contributed by atoms with E-state index in [0.717, 1.165) is 38.2 Å². The molecular formula is C15H21ClN2O2. The summed E-state index contributed by atoms with van der Waals surface area (Å²) >= 11 is 5.84. The first-order valence-electron chi connectivity index (χ1n) is 7.04. The van der Waals surface area contributed by atoms with Gasteiger partial charge in [-0.3, -0.25) is 9.69 Å². The van der Waals surface area contributed by atoms with Gasteiger partial charge in [0.1, 0.15) is 0 Å². The van der Waals surface area contributed by atoms with E-state index in [4.69, 9.17) is 16.7 Å². The molecule has 0 radical (unpaired) electrons. The van der Waals surface area contributed by atoms with Crippen molar-refractivity contribution in [1.82, 2.24) is 9.80 Å². The molecule has 1 aliphatic heterocycles. The Balaban J connectivity index is 1.87. The fourth-order valence-corrected chi connectivity index (χ4v) is 2.60. The largest absolute Gasteiger partial charge is 0.395 e. The Morgan fingerprint density at radius 2 is 1.90 bits per heavy atom. The highest BCUT2D eigenvalue weighted by Crippen LogP contribution is 2.12. The lowest BCUT2D eigenvalue weighted by molar-refractivity contribution is -0.130. The van der Waals surface area contributed by atoms with Crippen molar-refractivity contribution in [2.24, 2.45) is 0 Å². The van der Waals surface area contributed by atoms with Crippen LogP contribution in [0.25, 0.3) is 0 Å². The molecule has 0 atom stereocenters. The average Bonchev–Trinajstić information content (AvgIpc) is 2.67. The second-order valence-electron chi connectivity index (χ2n) is 5.10. The summed E-state index contributed by atoms with van der Waals surface area (Å²) in [6, 6.07) is 7.43. The second-order valence-corrected chi connectivity index (χ2v) is 5.54. The lowest BCUT2D eigenvalue weighted by atomic mass is 10.1. The standard InChI is InChI=1S/C15H21ClN2O2/c16-14-4-2-13(3-5-14)12-15(20)18-7-1-6-17(8-9-18)10-11-19/h2-5,19H,1,6-12H2. The second kappa shape index (κ2) is 7.62. The third-order valence-electron chi connectivity index (χ3n) is 3.63. The molecule has 1 aromatic rings. The number of rotatable bonds is 4. The minimum Gasteiger partial charge on any atom is -0.395 e. The van der Waals surface area contributed by atoms with Gasteiger partial charge in [0, 0.05) is 31.2 Å². The molecule has 1 aliphatic rings. The zero-order chi connectivity index (χ0) is 14.4. The number of amides is 1. The van der Waals surface area contributed by atoms with Gasteiger partial charge in [0.05, 0.1) is 13.0 Å². The van der Waals surface area contributed by atoms with Crippen LogP contribution in [0.3, 0.4) is 0 Å². The summed E-state index contributed by atoms with van der Waals surface area (Å²) in [5.74, 6) is 0.165. The number of benzene rings is 1. The SMILES string of the molecule is O=C(Cc1ccc(Cl)cc1)N1CCCN(CCO)CC1. The van der Waals surface area contributed by atoms with Crippen LogP contribution in [0.15, 0.2) is 24.3 Å². The van der Waals surface area contributed by atoms with E-state index in [2.05, 4.69) is 4.90 Å². The van der Waals surface area contributed by atoms with E-state index >= 15 is 0 Å². The molecule has 0 bridgehead atoms. The maximum absolute atomic E-state index is 12.3. The van der Waals surface area contributed by atoms with Gasteiger partial charge in [-0.1, -0.05) is 23.7 Å². The summed E-state index contributed by atoms with van der Waals surface area (Å²) in [6.07, 6.45) is 1.39. The molecule has 0 aliphatic carbocycles. The highest BCUT2D eigenvalue weighted by atomic mass is 35.5. The number of hydrogen-bond donors (Lipinski definition) is 1. The zero-order valence-corrected chi connectivity index (χ0v) is 12.4. The molecule has 4 nitrogen and oxygen atoms in total. The Kier molecular flexibility index (Phi) is 5.83. The van der Waals surface area contributed by atoms with E-state index in [0.29, 0.717) is 18.0 Å². The summed E-state index contributed by atoms with van der Waals surface area (Å²) in [5, 5.41) is 9.66. The van der Waals surface area contributed by atoms with E-state index in [9.17, 15) is 4.79 Å². The number of carbonyl (C=O) groups excluding carboxylic acids is 1. The smallest absolute Gasteiger partial charge is 0.227 e. The first-order valence-corrected chi connectivity index (χ1v) is 7.42. The molecule has 5 heteroatoms. The molecule has 1 amide bonds. The van der Waals surface area contributed by atoms with Crippen molar-refractivity contribution in [3.05, 3.63) is 34.9 Å². The molecule has 1 N–H and O–H groups in total. The van der Waals surface area contributed by atoms with Gasteiger partial charge in [0.15, 0.2) is 0 Å². The first-order chi connectivity index (χ1) is 9.69. The summed E-state index contributed by atoms with van der Waals surface area (Å²) < 4.78 is 0. The van der Waals surface area contributed by atoms with Crippen LogP contribution in [0, 0.1) is 0 Å². The van der Waals surface area contributed by atoms with Crippen LogP contribution in [0.5, 0.6) is 0 Å². The molecule has 2 rings (SSSR count). The fourth-order valence-electron chi connectivity index (χ4n) is 2.47. The third kappa shape index (κ3) is 4.47. The quantitative estimate of drug-likeness (QED) is 0.914. The van der Waals surface area contributed by atoms with E-state index in [-0.39, 0.29) is 12.5 Å². The molecule has 0 spiro atoms. The molecule has 0 saturated carbocycles. The molecule has 0 unspecified atom stereocenters. The third-order valence-corrected chi connectivity index (χ3v) is 3.88. The molecule has 0 aromatic heterocycles. The van der Waals surface area contributed by atoms with E-state index in [1.807, 2.05) is 29.2 Å². The van der Waals surface area contributed by atoms with Crippen molar-refractivity contribution in [3.63, 3.8) is 0 Å². The Labute approximate surface area is 124 Å². The Morgan fingerprint density at radius 1 is 1.15 bits per heavy atom. The van der Waals surface area contributed by atoms with Gasteiger partial charge in [-0.25, -0.2) is 0 Å². The number of β-amino-alcohol motifs (C(OH)–C–C–N with tert-alkyl or cyclic N) is 1. The molecular weight excluding hydrogens is 276 g/mol. The number of aliphatic hydroxyl groups excluding tert-OH is 1. The number of hydrogen-bond acceptors (Lipinski definition) is 3. The van der Waals surface area contributed by atoms with Crippen LogP contribution in [-0.4, -0.2) is 60.1 Å². The number of nitrogens with zero attached hydrogens (tertiary/aromatic N) is 2. The molecule has 1 saturated heterocycles. The van der Waals surface area contributed by atoms with Gasteiger partial charge in [0.2, 0.25) is 5.91 Å². The van der Waals surface area contributed by atoms with Crippen molar-refractivity contribution < 1.29 is 9.90 Å². The average molecular weight is 297 g/mol. The molecule has 1 fully saturated rings. The van der Waals surface area contributed by atoms with Crippen LogP contribution in [-0.2, 0) is 11.2 Å². The minimum absolute atomic E-state index is 0.165. The van der Waals surface area contributed by atoms with Gasteiger partial charge in [-0.15, -0.1) is 0 Å². The highest BCUT2D eigenvalue weighted by molar-refractivity contribution is 6.30. The van der Waals surface area contributed by atoms with Gasteiger partial charge in [-0.05, 0) is 30.7 Å². The lowest BCUT2D eigenvalue weighted by Gasteiger charge is -2.21. The van der Waals surface area contributed by atoms with Crippen LogP contribution in [0.2, 0.25) is 5.02 Å². The molecule has 20 heavy (non-hydrogen) atoms. The predicted molar refractivity (Wildman–Crippen MR) is 79.9 cm³/mol. The topological polar surface area (TPSA) is 43.8 Å². The van der Waals surface area contributed by atoms with Crippen molar-refractivity contribution >= 4 is 17.5 Å². The van der Waals surface area contributed by atoms with Crippen molar-refractivity contribution in [3.8, 4) is 0 Å². The van der Waals surface area contributed by atoms with Gasteiger partial charge >= 0.3 is 0 Å². The minimum atomic E-state index is 0.165. The number of halogens is 1. The summed E-state index contributed by atoms with van der Waals surface area (Å²) in [6.45, 7) is 4.21. The summed E-state index contributed by atoms with van der Waals surface area (Å²) in [5.41, 5.74) is 0.996. The van der Waals surface area contributed by atoms with Gasteiger partial charge < -0.3 is 10.0 Å². The van der Waals surface area contributed by atoms with Crippen LogP contribution in [0.1, 0.15) is 12.0 Å². The normalized spacial score (nSPS) is 17.0. The van der Waals surface area contributed by atoms with Crippen molar-refractivity contribution in [2.45, 2.75) is 12.8 Å².